The van der Waals surface area contributed by atoms with Crippen LogP contribution in [0.5, 0.6) is 5.75 Å². The molecule has 2 aliphatic rings. The van der Waals surface area contributed by atoms with Crippen LogP contribution in [0, 0.1) is 5.41 Å². The van der Waals surface area contributed by atoms with Gasteiger partial charge in [0.25, 0.3) is 0 Å². The third-order valence-corrected chi connectivity index (χ3v) is 4.86. The van der Waals surface area contributed by atoms with Crippen LogP contribution < -0.4 is 10.1 Å². The van der Waals surface area contributed by atoms with Gasteiger partial charge in [0.05, 0.1) is 11.5 Å². The molecule has 3 rings (SSSR count). The largest absolute Gasteiger partial charge is 0.491 e. The van der Waals surface area contributed by atoms with Crippen LogP contribution >= 0.6 is 0 Å². The first-order chi connectivity index (χ1) is 11.6. The summed E-state index contributed by atoms with van der Waals surface area (Å²) < 4.78 is 11.2. The summed E-state index contributed by atoms with van der Waals surface area (Å²) in [5.74, 6) is -0.406. The van der Waals surface area contributed by atoms with Crippen molar-refractivity contribution in [1.82, 2.24) is 0 Å². The molecule has 1 aromatic carbocycles. The average molecular weight is 333 g/mol. The molecular weight excluding hydrogens is 310 g/mol. The summed E-state index contributed by atoms with van der Waals surface area (Å²) in [7, 11) is 0. The molecule has 1 atom stereocenters. The molecule has 6 nitrogen and oxygen atoms in total. The quantitative estimate of drug-likeness (QED) is 0.801. The molecule has 24 heavy (non-hydrogen) atoms. The lowest BCUT2D eigenvalue weighted by Gasteiger charge is -2.36. The molecule has 1 saturated heterocycles. The zero-order valence-corrected chi connectivity index (χ0v) is 13.6. The Hall–Kier alpha value is -2.08. The molecule has 1 amide bonds. The van der Waals surface area contributed by atoms with Crippen molar-refractivity contribution in [3.05, 3.63) is 24.3 Å². The van der Waals surface area contributed by atoms with Gasteiger partial charge in [-0.3, -0.25) is 9.59 Å². The third-order valence-electron chi connectivity index (χ3n) is 4.86. The van der Waals surface area contributed by atoms with Gasteiger partial charge < -0.3 is 19.9 Å². The van der Waals surface area contributed by atoms with Gasteiger partial charge in [0.15, 0.2) is 0 Å². The highest BCUT2D eigenvalue weighted by Crippen LogP contribution is 2.44. The van der Waals surface area contributed by atoms with Crippen LogP contribution in [0.4, 0.5) is 5.69 Å². The fraction of sp³-hybridized carbons (Fsp3) is 0.556. The normalized spacial score (nSPS) is 21.8. The monoisotopic (exact) mass is 333 g/mol. The Kier molecular flexibility index (Phi) is 5.04. The van der Waals surface area contributed by atoms with E-state index in [1.165, 1.54) is 0 Å². The van der Waals surface area contributed by atoms with Crippen LogP contribution in [0.3, 0.4) is 0 Å². The summed E-state index contributed by atoms with van der Waals surface area (Å²) in [5, 5.41) is 12.0. The topological polar surface area (TPSA) is 84.9 Å². The van der Waals surface area contributed by atoms with E-state index in [1.54, 1.807) is 24.3 Å². The predicted octanol–water partition coefficient (Wildman–Crippen LogP) is 2.83. The van der Waals surface area contributed by atoms with E-state index in [2.05, 4.69) is 5.32 Å². The summed E-state index contributed by atoms with van der Waals surface area (Å²) in [5.41, 5.74) is -0.224. The minimum atomic E-state index is -0.873. The Labute approximate surface area is 141 Å². The Morgan fingerprint density at radius 1 is 1.25 bits per heavy atom. The predicted molar refractivity (Wildman–Crippen MR) is 88.1 cm³/mol. The van der Waals surface area contributed by atoms with Gasteiger partial charge in [-0.1, -0.05) is 6.42 Å². The summed E-state index contributed by atoms with van der Waals surface area (Å²) in [6, 6.07) is 7.11. The molecule has 0 spiro atoms. The van der Waals surface area contributed by atoms with Gasteiger partial charge in [-0.2, -0.15) is 0 Å². The van der Waals surface area contributed by atoms with Gasteiger partial charge in [0, 0.05) is 18.7 Å². The van der Waals surface area contributed by atoms with E-state index < -0.39 is 11.4 Å². The van der Waals surface area contributed by atoms with Crippen molar-refractivity contribution in [1.29, 1.82) is 0 Å². The number of hydrogen-bond donors (Lipinski definition) is 2. The second-order valence-corrected chi connectivity index (χ2v) is 6.63. The minimum absolute atomic E-state index is 0.0274. The molecule has 1 aromatic rings. The molecule has 2 fully saturated rings. The highest BCUT2D eigenvalue weighted by molar-refractivity contribution is 5.94. The van der Waals surface area contributed by atoms with E-state index in [0.29, 0.717) is 25.1 Å². The maximum atomic E-state index is 12.1. The first kappa shape index (κ1) is 16.8. The van der Waals surface area contributed by atoms with Crippen molar-refractivity contribution in [2.75, 3.05) is 18.5 Å². The molecule has 1 aliphatic heterocycles. The number of aliphatic carboxylic acids is 1. The summed E-state index contributed by atoms with van der Waals surface area (Å²) >= 11 is 0. The lowest BCUT2D eigenvalue weighted by atomic mass is 9.66. The van der Waals surface area contributed by atoms with Gasteiger partial charge in [-0.15, -0.1) is 0 Å². The van der Waals surface area contributed by atoms with E-state index in [1.807, 2.05) is 0 Å². The summed E-state index contributed by atoms with van der Waals surface area (Å²) in [6.07, 6.45) is 4.32. The molecule has 0 aromatic heterocycles. The van der Waals surface area contributed by atoms with E-state index in [4.69, 9.17) is 9.47 Å². The van der Waals surface area contributed by atoms with Crippen molar-refractivity contribution in [3.63, 3.8) is 0 Å². The standard InChI is InChI=1S/C18H23NO5/c20-16(11-18(17(21)22)8-2-9-18)19-13-4-6-14(7-5-13)24-12-15-3-1-10-23-15/h4-7,15H,1-3,8-12H2,(H,19,20)(H,21,22). The molecule has 2 N–H and O–H groups in total. The van der Waals surface area contributed by atoms with Crippen molar-refractivity contribution >= 4 is 17.6 Å². The Bertz CT molecular complexity index is 588. The van der Waals surface area contributed by atoms with Crippen LogP contribution in [0.2, 0.25) is 0 Å². The molecule has 1 aliphatic carbocycles. The lowest BCUT2D eigenvalue weighted by molar-refractivity contribution is -0.157. The number of ether oxygens (including phenoxy) is 2. The minimum Gasteiger partial charge on any atom is -0.491 e. The van der Waals surface area contributed by atoms with Crippen molar-refractivity contribution in [2.45, 2.75) is 44.6 Å². The zero-order chi connectivity index (χ0) is 17.0. The number of carboxylic acid groups (broad SMARTS) is 1. The maximum absolute atomic E-state index is 12.1. The zero-order valence-electron chi connectivity index (χ0n) is 13.6. The molecule has 0 radical (unpaired) electrons. The molecule has 0 bridgehead atoms. The molecule has 130 valence electrons. The molecule has 1 saturated carbocycles. The van der Waals surface area contributed by atoms with E-state index >= 15 is 0 Å². The van der Waals surface area contributed by atoms with Crippen LogP contribution in [-0.2, 0) is 14.3 Å². The smallest absolute Gasteiger partial charge is 0.310 e. The van der Waals surface area contributed by atoms with Crippen LogP contribution in [0.25, 0.3) is 0 Å². The van der Waals surface area contributed by atoms with Crippen LogP contribution in [0.15, 0.2) is 24.3 Å². The molecule has 1 unspecified atom stereocenters. The first-order valence-electron chi connectivity index (χ1n) is 8.45. The number of rotatable bonds is 7. The van der Waals surface area contributed by atoms with Gasteiger partial charge >= 0.3 is 5.97 Å². The summed E-state index contributed by atoms with van der Waals surface area (Å²) in [6.45, 7) is 1.34. The number of carbonyl (C=O) groups is 2. The SMILES string of the molecule is O=C(CC1(C(=O)O)CCC1)Nc1ccc(OCC2CCCO2)cc1. The average Bonchev–Trinajstić information content (AvgIpc) is 3.03. The van der Waals surface area contributed by atoms with E-state index in [-0.39, 0.29) is 18.4 Å². The van der Waals surface area contributed by atoms with E-state index in [0.717, 1.165) is 31.6 Å². The Morgan fingerprint density at radius 3 is 2.54 bits per heavy atom. The van der Waals surface area contributed by atoms with Crippen LogP contribution in [0.1, 0.15) is 38.5 Å². The van der Waals surface area contributed by atoms with Crippen molar-refractivity contribution in [2.24, 2.45) is 5.41 Å². The highest BCUT2D eigenvalue weighted by Gasteiger charge is 2.45. The maximum Gasteiger partial charge on any atom is 0.310 e. The lowest BCUT2D eigenvalue weighted by Crippen LogP contribution is -2.41. The number of hydrogen-bond acceptors (Lipinski definition) is 4. The summed E-state index contributed by atoms with van der Waals surface area (Å²) in [4.78, 5) is 23.4. The third kappa shape index (κ3) is 3.87. The second kappa shape index (κ2) is 7.21. The number of carbonyl (C=O) groups excluding carboxylic acids is 1. The fourth-order valence-corrected chi connectivity index (χ4v) is 3.18. The first-order valence-corrected chi connectivity index (χ1v) is 8.45. The fourth-order valence-electron chi connectivity index (χ4n) is 3.18. The Morgan fingerprint density at radius 2 is 2.00 bits per heavy atom. The van der Waals surface area contributed by atoms with Gasteiger partial charge in [-0.05, 0) is 49.9 Å². The van der Waals surface area contributed by atoms with E-state index in [9.17, 15) is 14.7 Å². The van der Waals surface area contributed by atoms with Crippen molar-refractivity contribution in [3.8, 4) is 5.75 Å². The number of nitrogens with one attached hydrogen (secondary N) is 1. The number of benzene rings is 1. The number of amides is 1. The second-order valence-electron chi connectivity index (χ2n) is 6.63. The number of anilines is 1. The number of carboxylic acids is 1. The highest BCUT2D eigenvalue weighted by atomic mass is 16.5. The molecule has 1 heterocycles. The molecule has 6 heteroatoms. The Balaban J connectivity index is 1.48. The van der Waals surface area contributed by atoms with Gasteiger partial charge in [-0.25, -0.2) is 0 Å². The van der Waals surface area contributed by atoms with Crippen molar-refractivity contribution < 1.29 is 24.2 Å². The van der Waals surface area contributed by atoms with Gasteiger partial charge in [0.1, 0.15) is 12.4 Å². The van der Waals surface area contributed by atoms with Crippen LogP contribution in [-0.4, -0.2) is 36.3 Å². The molecular formula is C18H23NO5. The van der Waals surface area contributed by atoms with Gasteiger partial charge in [0.2, 0.25) is 5.91 Å².